The highest BCUT2D eigenvalue weighted by atomic mass is 16.2. The zero-order valence-corrected chi connectivity index (χ0v) is 19.6. The van der Waals surface area contributed by atoms with Gasteiger partial charge in [0, 0.05) is 5.69 Å². The Bertz CT molecular complexity index is 1420. The highest BCUT2D eigenvalue weighted by molar-refractivity contribution is 6.48. The Balaban J connectivity index is 1.58. The second-order valence-corrected chi connectivity index (χ2v) is 7.27. The van der Waals surface area contributed by atoms with E-state index in [0.717, 1.165) is 0 Å². The lowest BCUT2D eigenvalue weighted by molar-refractivity contribution is -0.114. The van der Waals surface area contributed by atoms with Crippen LogP contribution in [-0.4, -0.2) is 28.9 Å². The van der Waals surface area contributed by atoms with E-state index in [9.17, 15) is 20.1 Å². The minimum Gasteiger partial charge on any atom is -0.320 e. The summed E-state index contributed by atoms with van der Waals surface area (Å²) in [6.07, 6.45) is 0. The number of nitrogens with zero attached hydrogens (tertiary/aromatic N) is 5. The summed E-state index contributed by atoms with van der Waals surface area (Å²) >= 11 is 0. The van der Waals surface area contributed by atoms with Crippen LogP contribution < -0.4 is 21.6 Å². The molecule has 0 fully saturated rings. The molecule has 182 valence electrons. The lowest BCUT2D eigenvalue weighted by Gasteiger charge is -2.06. The first-order valence-electron chi connectivity index (χ1n) is 10.8. The van der Waals surface area contributed by atoms with Crippen molar-refractivity contribution >= 4 is 46.0 Å². The number of para-hydroxylation sites is 2. The molecule has 0 heterocycles. The Morgan fingerprint density at radius 3 is 1.62 bits per heavy atom. The second-order valence-electron chi connectivity index (χ2n) is 7.27. The number of hydrogen-bond donors (Lipinski definition) is 4. The van der Waals surface area contributed by atoms with Crippen molar-refractivity contribution in [3.63, 3.8) is 0 Å². The number of carbonyl (C=O) groups excluding carboxylic acids is 2. The summed E-state index contributed by atoms with van der Waals surface area (Å²) in [5, 5.41) is 32.7. The van der Waals surface area contributed by atoms with E-state index in [4.69, 9.17) is 0 Å². The van der Waals surface area contributed by atoms with Crippen molar-refractivity contribution in [1.82, 2.24) is 5.43 Å². The predicted octanol–water partition coefficient (Wildman–Crippen LogP) is 3.45. The Labute approximate surface area is 212 Å². The second kappa shape index (κ2) is 13.2. The quantitative estimate of drug-likeness (QED) is 0.264. The molecule has 37 heavy (non-hydrogen) atoms. The molecule has 0 aliphatic carbocycles. The Morgan fingerprint density at radius 2 is 1.14 bits per heavy atom. The first kappa shape index (κ1) is 25.8. The monoisotopic (exact) mass is 491 g/mol. The zero-order valence-electron chi connectivity index (χ0n) is 19.6. The maximum atomic E-state index is 12.4. The molecule has 0 unspecified atom stereocenters. The van der Waals surface area contributed by atoms with E-state index >= 15 is 0 Å². The summed E-state index contributed by atoms with van der Waals surface area (Å²) < 4.78 is 0. The molecule has 2 amide bonds. The number of anilines is 3. The highest BCUT2D eigenvalue weighted by Gasteiger charge is 2.13. The van der Waals surface area contributed by atoms with Crippen LogP contribution in [0.4, 0.5) is 17.1 Å². The number of nitrogens with one attached hydrogen (secondary N) is 4. The van der Waals surface area contributed by atoms with E-state index in [1.165, 1.54) is 0 Å². The molecule has 0 bridgehead atoms. The first-order valence-corrected chi connectivity index (χ1v) is 10.8. The largest absolute Gasteiger partial charge is 0.320 e. The lowest BCUT2D eigenvalue weighted by atomic mass is 10.1. The summed E-state index contributed by atoms with van der Waals surface area (Å²) in [7, 11) is 0. The molecule has 3 rings (SSSR count). The molecule has 0 aliphatic rings. The molecule has 4 N–H and O–H groups in total. The molecule has 0 aromatic heterocycles. The Hall–Kier alpha value is -5.81. The van der Waals surface area contributed by atoms with Gasteiger partial charge in [-0.2, -0.15) is 25.8 Å². The number of rotatable bonds is 9. The summed E-state index contributed by atoms with van der Waals surface area (Å²) in [6, 6.07) is 27.8. The molecular formula is C26H21N9O2. The van der Waals surface area contributed by atoms with Gasteiger partial charge in [-0.3, -0.25) is 20.4 Å². The molecule has 11 heteroatoms. The van der Waals surface area contributed by atoms with Crippen LogP contribution in [0.5, 0.6) is 0 Å². The van der Waals surface area contributed by atoms with Crippen LogP contribution in [0, 0.1) is 22.7 Å². The van der Waals surface area contributed by atoms with Gasteiger partial charge in [-0.15, -0.1) is 0 Å². The molecule has 0 radical (unpaired) electrons. The summed E-state index contributed by atoms with van der Waals surface area (Å²) in [5.74, 6) is -1.45. The summed E-state index contributed by atoms with van der Waals surface area (Å²) in [4.78, 5) is 24.6. The predicted molar refractivity (Wildman–Crippen MR) is 142 cm³/mol. The maximum Gasteiger partial charge on any atom is 0.302 e. The van der Waals surface area contributed by atoms with E-state index in [1.807, 2.05) is 12.1 Å². The molecule has 3 aromatic rings. The minimum absolute atomic E-state index is 0.342. The van der Waals surface area contributed by atoms with Crippen molar-refractivity contribution < 1.29 is 9.59 Å². The molecule has 0 atom stereocenters. The average molecular weight is 492 g/mol. The fraction of sp³-hybridized carbons (Fsp3) is 0.0385. The van der Waals surface area contributed by atoms with Crippen molar-refractivity contribution in [3.8, 4) is 12.1 Å². The van der Waals surface area contributed by atoms with Crippen LogP contribution in [0.2, 0.25) is 0 Å². The van der Waals surface area contributed by atoms with Gasteiger partial charge in [0.15, 0.2) is 0 Å². The minimum atomic E-state index is -0.776. The van der Waals surface area contributed by atoms with Gasteiger partial charge in [-0.25, -0.2) is 5.43 Å². The molecule has 3 aromatic carbocycles. The van der Waals surface area contributed by atoms with Crippen LogP contribution in [0.1, 0.15) is 12.5 Å². The molecular weight excluding hydrogens is 470 g/mol. The number of nitriles is 2. The number of amides is 2. The number of hydrogen-bond acceptors (Lipinski definition) is 9. The van der Waals surface area contributed by atoms with Gasteiger partial charge in [-0.1, -0.05) is 48.5 Å². The van der Waals surface area contributed by atoms with Crippen LogP contribution in [0.3, 0.4) is 0 Å². The fourth-order valence-corrected chi connectivity index (χ4v) is 2.76. The first-order chi connectivity index (χ1) is 18.0. The number of carbonyl (C=O) groups is 2. The van der Waals surface area contributed by atoms with Gasteiger partial charge >= 0.3 is 5.91 Å². The van der Waals surface area contributed by atoms with Crippen LogP contribution in [0.15, 0.2) is 100 Å². The molecule has 11 nitrogen and oxygen atoms in total. The van der Waals surface area contributed by atoms with E-state index in [1.54, 1.807) is 91.9 Å². The summed E-state index contributed by atoms with van der Waals surface area (Å²) in [6.45, 7) is 1.66. The Kier molecular flexibility index (Phi) is 9.19. The zero-order chi connectivity index (χ0) is 26.5. The van der Waals surface area contributed by atoms with Crippen LogP contribution in [0.25, 0.3) is 0 Å². The molecule has 0 saturated heterocycles. The molecule has 0 saturated carbocycles. The standard InChI is InChI=1S/C26H21N9O2/c1-18(30-35-26(37)24(17-28)34-32-22-10-6-3-7-11-22)19-12-14-20(15-13-19)29-25(36)23(16-27)33-31-21-8-4-2-5-9-21/h2-15,31-32H,1H3,(H,29,36)(H,35,37)/b30-18+,33-23+,34-24+. The number of hydrazone groups is 3. The summed E-state index contributed by atoms with van der Waals surface area (Å²) in [5.41, 5.74) is 9.64. The van der Waals surface area contributed by atoms with Crippen LogP contribution >= 0.6 is 0 Å². The van der Waals surface area contributed by atoms with Crippen LogP contribution in [-0.2, 0) is 9.59 Å². The van der Waals surface area contributed by atoms with E-state index < -0.39 is 17.5 Å². The maximum absolute atomic E-state index is 12.4. The van der Waals surface area contributed by atoms with Crippen molar-refractivity contribution in [2.24, 2.45) is 15.3 Å². The third kappa shape index (κ3) is 7.88. The van der Waals surface area contributed by atoms with E-state index in [2.05, 4.69) is 36.9 Å². The fourth-order valence-electron chi connectivity index (χ4n) is 2.76. The smallest absolute Gasteiger partial charge is 0.302 e. The van der Waals surface area contributed by atoms with Crippen molar-refractivity contribution in [2.45, 2.75) is 6.92 Å². The highest BCUT2D eigenvalue weighted by Crippen LogP contribution is 2.11. The third-order valence-electron chi connectivity index (χ3n) is 4.67. The molecule has 0 aliphatic heterocycles. The van der Waals surface area contributed by atoms with E-state index in [-0.39, 0.29) is 5.71 Å². The van der Waals surface area contributed by atoms with Gasteiger partial charge in [0.2, 0.25) is 11.4 Å². The normalized spacial score (nSPS) is 11.5. The van der Waals surface area contributed by atoms with E-state index in [0.29, 0.717) is 28.3 Å². The average Bonchev–Trinajstić information content (AvgIpc) is 2.94. The van der Waals surface area contributed by atoms with Gasteiger partial charge in [0.1, 0.15) is 12.1 Å². The topological polar surface area (TPSA) is 167 Å². The van der Waals surface area contributed by atoms with Crippen molar-refractivity contribution in [2.75, 3.05) is 16.2 Å². The Morgan fingerprint density at radius 1 is 0.649 bits per heavy atom. The third-order valence-corrected chi connectivity index (χ3v) is 4.67. The lowest BCUT2D eigenvalue weighted by Crippen LogP contribution is -2.27. The van der Waals surface area contributed by atoms with Crippen molar-refractivity contribution in [1.29, 1.82) is 10.5 Å². The molecule has 0 spiro atoms. The van der Waals surface area contributed by atoms with Gasteiger partial charge < -0.3 is 5.32 Å². The van der Waals surface area contributed by atoms with Crippen molar-refractivity contribution in [3.05, 3.63) is 90.5 Å². The van der Waals surface area contributed by atoms with Gasteiger partial charge in [0.05, 0.1) is 17.1 Å². The van der Waals surface area contributed by atoms with Gasteiger partial charge in [-0.05, 0) is 48.9 Å². The van der Waals surface area contributed by atoms with Gasteiger partial charge in [0.25, 0.3) is 5.91 Å². The SMILES string of the molecule is C/C(=N\NC(=O)/C(C#N)=N/Nc1ccccc1)c1ccc(NC(=O)/C(C#N)=N/Nc2ccccc2)cc1. The number of benzene rings is 3.